The molecule has 0 amide bonds. The summed E-state index contributed by atoms with van der Waals surface area (Å²) in [6, 6.07) is 2.04. The Balaban J connectivity index is 2.41. The standard InChI is InChI=1S/C10H14N2O/c1-2-8(11)7-3-5-12-9-4-6-13-10(7)9/h3,5,8H,2,4,6,11H2,1H3. The van der Waals surface area contributed by atoms with Crippen molar-refractivity contribution in [2.75, 3.05) is 6.61 Å². The van der Waals surface area contributed by atoms with Gasteiger partial charge >= 0.3 is 0 Å². The average Bonchev–Trinajstić information content (AvgIpc) is 2.63. The van der Waals surface area contributed by atoms with Crippen LogP contribution in [0.4, 0.5) is 0 Å². The molecule has 2 N–H and O–H groups in total. The number of hydrogen-bond acceptors (Lipinski definition) is 3. The van der Waals surface area contributed by atoms with Crippen LogP contribution in [0.2, 0.25) is 0 Å². The van der Waals surface area contributed by atoms with Crippen LogP contribution < -0.4 is 10.5 Å². The first-order chi connectivity index (χ1) is 6.33. The molecule has 0 bridgehead atoms. The molecule has 1 aromatic heterocycles. The third-order valence-corrected chi connectivity index (χ3v) is 2.43. The van der Waals surface area contributed by atoms with Crippen LogP contribution in [0.1, 0.15) is 30.6 Å². The van der Waals surface area contributed by atoms with E-state index in [1.54, 1.807) is 0 Å². The molecule has 13 heavy (non-hydrogen) atoms. The molecule has 70 valence electrons. The van der Waals surface area contributed by atoms with E-state index >= 15 is 0 Å². The molecule has 1 atom stereocenters. The summed E-state index contributed by atoms with van der Waals surface area (Å²) < 4.78 is 5.51. The van der Waals surface area contributed by atoms with Crippen molar-refractivity contribution in [2.45, 2.75) is 25.8 Å². The normalized spacial score (nSPS) is 16.5. The number of aromatic nitrogens is 1. The minimum absolute atomic E-state index is 0.0786. The summed E-state index contributed by atoms with van der Waals surface area (Å²) in [6.45, 7) is 2.82. The van der Waals surface area contributed by atoms with Crippen LogP contribution in [-0.2, 0) is 6.42 Å². The van der Waals surface area contributed by atoms with Gasteiger partial charge in [-0.05, 0) is 12.5 Å². The Morgan fingerprint density at radius 1 is 1.69 bits per heavy atom. The Kier molecular flexibility index (Phi) is 2.19. The molecule has 0 fully saturated rings. The van der Waals surface area contributed by atoms with Gasteiger partial charge in [0.1, 0.15) is 5.75 Å². The molecule has 0 spiro atoms. The lowest BCUT2D eigenvalue weighted by atomic mass is 10.0. The monoisotopic (exact) mass is 178 g/mol. The van der Waals surface area contributed by atoms with Crippen molar-refractivity contribution in [1.29, 1.82) is 0 Å². The van der Waals surface area contributed by atoms with Crippen molar-refractivity contribution >= 4 is 0 Å². The Bertz CT molecular complexity index is 312. The Morgan fingerprint density at radius 3 is 3.31 bits per heavy atom. The molecule has 0 aliphatic carbocycles. The van der Waals surface area contributed by atoms with Crippen molar-refractivity contribution in [3.63, 3.8) is 0 Å². The summed E-state index contributed by atoms with van der Waals surface area (Å²) in [4.78, 5) is 4.26. The van der Waals surface area contributed by atoms with Crippen LogP contribution in [0.15, 0.2) is 12.3 Å². The smallest absolute Gasteiger partial charge is 0.145 e. The van der Waals surface area contributed by atoms with Gasteiger partial charge in [-0.1, -0.05) is 6.92 Å². The zero-order valence-electron chi connectivity index (χ0n) is 7.79. The van der Waals surface area contributed by atoms with E-state index in [0.717, 1.165) is 36.5 Å². The van der Waals surface area contributed by atoms with Gasteiger partial charge < -0.3 is 10.5 Å². The molecule has 0 saturated heterocycles. The number of nitrogens with two attached hydrogens (primary N) is 1. The van der Waals surface area contributed by atoms with Crippen LogP contribution in [0.3, 0.4) is 0 Å². The molecule has 2 heterocycles. The van der Waals surface area contributed by atoms with E-state index in [9.17, 15) is 0 Å². The molecule has 1 aliphatic rings. The van der Waals surface area contributed by atoms with Crippen molar-refractivity contribution < 1.29 is 4.74 Å². The van der Waals surface area contributed by atoms with E-state index in [2.05, 4.69) is 11.9 Å². The summed E-state index contributed by atoms with van der Waals surface area (Å²) in [6.07, 6.45) is 3.66. The summed E-state index contributed by atoms with van der Waals surface area (Å²) in [5.41, 5.74) is 8.12. The second-order valence-electron chi connectivity index (χ2n) is 3.29. The SMILES string of the molecule is CCC(N)c1ccnc2c1OCC2. The van der Waals surface area contributed by atoms with Crippen LogP contribution in [0.25, 0.3) is 0 Å². The summed E-state index contributed by atoms with van der Waals surface area (Å²) >= 11 is 0. The maximum absolute atomic E-state index is 5.96. The molecule has 1 aromatic rings. The molecule has 3 heteroatoms. The first-order valence-corrected chi connectivity index (χ1v) is 4.69. The molecule has 0 radical (unpaired) electrons. The minimum atomic E-state index is 0.0786. The van der Waals surface area contributed by atoms with Crippen LogP contribution in [0.5, 0.6) is 5.75 Å². The predicted molar refractivity (Wildman–Crippen MR) is 50.7 cm³/mol. The molecule has 0 saturated carbocycles. The Labute approximate surface area is 77.9 Å². The van der Waals surface area contributed by atoms with E-state index in [4.69, 9.17) is 10.5 Å². The lowest BCUT2D eigenvalue weighted by molar-refractivity contribution is 0.351. The average molecular weight is 178 g/mol. The van der Waals surface area contributed by atoms with Crippen molar-refractivity contribution in [3.05, 3.63) is 23.5 Å². The fourth-order valence-electron chi connectivity index (χ4n) is 1.61. The number of nitrogens with zero attached hydrogens (tertiary/aromatic N) is 1. The third-order valence-electron chi connectivity index (χ3n) is 2.43. The van der Waals surface area contributed by atoms with Gasteiger partial charge in [0, 0.05) is 24.2 Å². The van der Waals surface area contributed by atoms with E-state index in [1.807, 2.05) is 12.3 Å². The quantitative estimate of drug-likeness (QED) is 0.745. The van der Waals surface area contributed by atoms with Gasteiger partial charge in [-0.2, -0.15) is 0 Å². The second-order valence-corrected chi connectivity index (χ2v) is 3.29. The van der Waals surface area contributed by atoms with Crippen molar-refractivity contribution in [1.82, 2.24) is 4.98 Å². The van der Waals surface area contributed by atoms with E-state index in [-0.39, 0.29) is 6.04 Å². The minimum Gasteiger partial charge on any atom is -0.491 e. The first kappa shape index (κ1) is 8.51. The molecule has 1 unspecified atom stereocenters. The molecular weight excluding hydrogens is 164 g/mol. The number of fused-ring (bicyclic) bond motifs is 1. The lowest BCUT2D eigenvalue weighted by Gasteiger charge is -2.12. The van der Waals surface area contributed by atoms with Gasteiger partial charge in [-0.15, -0.1) is 0 Å². The van der Waals surface area contributed by atoms with Gasteiger partial charge in [-0.3, -0.25) is 4.98 Å². The van der Waals surface area contributed by atoms with Crippen LogP contribution in [-0.4, -0.2) is 11.6 Å². The predicted octanol–water partition coefficient (Wildman–Crippen LogP) is 1.43. The maximum Gasteiger partial charge on any atom is 0.145 e. The number of rotatable bonds is 2. The van der Waals surface area contributed by atoms with Crippen molar-refractivity contribution in [2.24, 2.45) is 5.73 Å². The van der Waals surface area contributed by atoms with E-state index in [1.165, 1.54) is 0 Å². The van der Waals surface area contributed by atoms with Gasteiger partial charge in [0.15, 0.2) is 0 Å². The van der Waals surface area contributed by atoms with Gasteiger partial charge in [0.2, 0.25) is 0 Å². The van der Waals surface area contributed by atoms with E-state index < -0.39 is 0 Å². The zero-order chi connectivity index (χ0) is 9.26. The number of pyridine rings is 1. The topological polar surface area (TPSA) is 48.1 Å². The summed E-state index contributed by atoms with van der Waals surface area (Å²) in [5, 5.41) is 0. The fourth-order valence-corrected chi connectivity index (χ4v) is 1.61. The molecule has 3 nitrogen and oxygen atoms in total. The fraction of sp³-hybridized carbons (Fsp3) is 0.500. The molecule has 1 aliphatic heterocycles. The highest BCUT2D eigenvalue weighted by molar-refractivity contribution is 5.41. The van der Waals surface area contributed by atoms with Crippen molar-refractivity contribution in [3.8, 4) is 5.75 Å². The highest BCUT2D eigenvalue weighted by Gasteiger charge is 2.19. The first-order valence-electron chi connectivity index (χ1n) is 4.69. The maximum atomic E-state index is 5.96. The zero-order valence-corrected chi connectivity index (χ0v) is 7.79. The summed E-state index contributed by atoms with van der Waals surface area (Å²) in [5.74, 6) is 0.928. The third kappa shape index (κ3) is 1.40. The number of hydrogen-bond donors (Lipinski definition) is 1. The molecule has 0 aromatic carbocycles. The molecular formula is C10H14N2O. The molecule has 2 rings (SSSR count). The van der Waals surface area contributed by atoms with E-state index in [0.29, 0.717) is 0 Å². The Hall–Kier alpha value is -1.09. The second kappa shape index (κ2) is 3.34. The van der Waals surface area contributed by atoms with Gasteiger partial charge in [0.25, 0.3) is 0 Å². The van der Waals surface area contributed by atoms with Crippen LogP contribution >= 0.6 is 0 Å². The highest BCUT2D eigenvalue weighted by Crippen LogP contribution is 2.31. The Morgan fingerprint density at radius 2 is 2.54 bits per heavy atom. The lowest BCUT2D eigenvalue weighted by Crippen LogP contribution is -2.10. The van der Waals surface area contributed by atoms with Gasteiger partial charge in [0.05, 0.1) is 12.3 Å². The highest BCUT2D eigenvalue weighted by atomic mass is 16.5. The largest absolute Gasteiger partial charge is 0.491 e. The van der Waals surface area contributed by atoms with Gasteiger partial charge in [-0.25, -0.2) is 0 Å². The van der Waals surface area contributed by atoms with Crippen LogP contribution in [0, 0.1) is 0 Å². The number of ether oxygens (including phenoxy) is 1. The summed E-state index contributed by atoms with van der Waals surface area (Å²) in [7, 11) is 0.